The number of carbonyl (C=O) groups is 3. The van der Waals surface area contributed by atoms with Crippen molar-refractivity contribution in [2.24, 2.45) is 5.92 Å². The number of esters is 1. The molecule has 0 spiro atoms. The molecule has 0 saturated carbocycles. The Balaban J connectivity index is 1.65. The van der Waals surface area contributed by atoms with Gasteiger partial charge in [0.05, 0.1) is 5.92 Å². The Morgan fingerprint density at radius 2 is 1.78 bits per heavy atom. The molecule has 1 aliphatic rings. The fourth-order valence-corrected chi connectivity index (χ4v) is 3.17. The first-order chi connectivity index (χ1) is 12.9. The van der Waals surface area contributed by atoms with Crippen molar-refractivity contribution in [1.82, 2.24) is 0 Å². The van der Waals surface area contributed by atoms with Gasteiger partial charge in [-0.1, -0.05) is 36.4 Å². The normalized spacial score (nSPS) is 17.7. The number of ketones is 1. The van der Waals surface area contributed by atoms with Crippen LogP contribution in [0.3, 0.4) is 0 Å². The summed E-state index contributed by atoms with van der Waals surface area (Å²) in [5, 5.41) is 0. The Kier molecular flexibility index (Phi) is 5.40. The number of anilines is 1. The second-order valence-corrected chi connectivity index (χ2v) is 6.98. The Labute approximate surface area is 158 Å². The second kappa shape index (κ2) is 7.74. The van der Waals surface area contributed by atoms with E-state index >= 15 is 0 Å². The number of Topliss-reactive ketones (excluding diaryl/α,β-unsaturated/α-hetero) is 1. The van der Waals surface area contributed by atoms with Gasteiger partial charge in [-0.15, -0.1) is 0 Å². The van der Waals surface area contributed by atoms with Gasteiger partial charge >= 0.3 is 5.97 Å². The molecule has 1 saturated heterocycles. The molecule has 0 radical (unpaired) electrons. The van der Waals surface area contributed by atoms with E-state index in [9.17, 15) is 14.4 Å². The van der Waals surface area contributed by atoms with Crippen molar-refractivity contribution in [2.75, 3.05) is 11.4 Å². The van der Waals surface area contributed by atoms with E-state index in [2.05, 4.69) is 0 Å². The average molecular weight is 365 g/mol. The Hall–Kier alpha value is -2.95. The van der Waals surface area contributed by atoms with Crippen molar-refractivity contribution < 1.29 is 19.1 Å². The summed E-state index contributed by atoms with van der Waals surface area (Å²) in [5.74, 6) is -1.43. The lowest BCUT2D eigenvalue weighted by atomic mass is 10.1. The van der Waals surface area contributed by atoms with Gasteiger partial charge in [0.25, 0.3) is 0 Å². The molecule has 0 N–H and O–H groups in total. The summed E-state index contributed by atoms with van der Waals surface area (Å²) < 4.78 is 5.36. The molecular formula is C22H23NO4. The quantitative estimate of drug-likeness (QED) is 0.601. The van der Waals surface area contributed by atoms with Gasteiger partial charge in [0.1, 0.15) is 0 Å². The molecule has 3 rings (SSSR count). The minimum absolute atomic E-state index is 0.0952. The number of amides is 1. The van der Waals surface area contributed by atoms with Crippen molar-refractivity contribution in [1.29, 1.82) is 0 Å². The number of hydrogen-bond donors (Lipinski definition) is 0. The number of ether oxygens (including phenoxy) is 1. The summed E-state index contributed by atoms with van der Waals surface area (Å²) in [6, 6.07) is 14.5. The summed E-state index contributed by atoms with van der Waals surface area (Å²) >= 11 is 0. The molecular weight excluding hydrogens is 342 g/mol. The molecule has 0 aliphatic carbocycles. The lowest BCUT2D eigenvalue weighted by molar-refractivity contribution is -0.151. The van der Waals surface area contributed by atoms with Crippen LogP contribution in [0.5, 0.6) is 0 Å². The van der Waals surface area contributed by atoms with E-state index in [0.717, 1.165) is 16.8 Å². The van der Waals surface area contributed by atoms with Crippen LogP contribution in [0.1, 0.15) is 34.8 Å². The summed E-state index contributed by atoms with van der Waals surface area (Å²) in [6.07, 6.45) is -0.788. The first-order valence-corrected chi connectivity index (χ1v) is 9.04. The van der Waals surface area contributed by atoms with E-state index < -0.39 is 18.0 Å². The first kappa shape index (κ1) is 18.8. The molecule has 5 nitrogen and oxygen atoms in total. The summed E-state index contributed by atoms with van der Waals surface area (Å²) in [7, 11) is 0. The zero-order chi connectivity index (χ0) is 19.6. The lowest BCUT2D eigenvalue weighted by Crippen LogP contribution is -2.30. The van der Waals surface area contributed by atoms with Gasteiger partial charge in [0, 0.05) is 24.2 Å². The lowest BCUT2D eigenvalue weighted by Gasteiger charge is -2.18. The van der Waals surface area contributed by atoms with Gasteiger partial charge in [-0.05, 0) is 44.0 Å². The van der Waals surface area contributed by atoms with E-state index in [4.69, 9.17) is 4.74 Å². The van der Waals surface area contributed by atoms with Crippen LogP contribution in [-0.4, -0.2) is 30.3 Å². The van der Waals surface area contributed by atoms with Crippen LogP contribution in [0.2, 0.25) is 0 Å². The summed E-state index contributed by atoms with van der Waals surface area (Å²) in [4.78, 5) is 38.8. The highest BCUT2D eigenvalue weighted by Crippen LogP contribution is 2.27. The molecule has 5 heteroatoms. The van der Waals surface area contributed by atoms with Crippen LogP contribution in [0.15, 0.2) is 48.5 Å². The zero-order valence-electron chi connectivity index (χ0n) is 15.8. The van der Waals surface area contributed by atoms with E-state index in [-0.39, 0.29) is 24.7 Å². The Morgan fingerprint density at radius 3 is 2.44 bits per heavy atom. The molecule has 1 heterocycles. The maximum Gasteiger partial charge on any atom is 0.312 e. The smallest absolute Gasteiger partial charge is 0.312 e. The van der Waals surface area contributed by atoms with Crippen molar-refractivity contribution in [3.63, 3.8) is 0 Å². The predicted octanol–water partition coefficient (Wildman–Crippen LogP) is 3.47. The number of aryl methyl sites for hydroxylation is 2. The molecule has 2 atom stereocenters. The van der Waals surface area contributed by atoms with Gasteiger partial charge in [0.15, 0.2) is 6.10 Å². The fraction of sp³-hybridized carbons (Fsp3) is 0.318. The van der Waals surface area contributed by atoms with Crippen molar-refractivity contribution in [2.45, 2.75) is 33.3 Å². The maximum absolute atomic E-state index is 12.5. The second-order valence-electron chi connectivity index (χ2n) is 6.98. The molecule has 27 heavy (non-hydrogen) atoms. The Bertz CT molecular complexity index is 875. The fourth-order valence-electron chi connectivity index (χ4n) is 3.17. The van der Waals surface area contributed by atoms with Gasteiger partial charge in [-0.2, -0.15) is 0 Å². The predicted molar refractivity (Wildman–Crippen MR) is 103 cm³/mol. The average Bonchev–Trinajstić information content (AvgIpc) is 3.06. The van der Waals surface area contributed by atoms with Crippen molar-refractivity contribution in [3.05, 3.63) is 65.2 Å². The molecule has 1 fully saturated rings. The highest BCUT2D eigenvalue weighted by molar-refractivity contribution is 6.02. The van der Waals surface area contributed by atoms with Crippen LogP contribution in [0.4, 0.5) is 5.69 Å². The van der Waals surface area contributed by atoms with Crippen LogP contribution in [-0.2, 0) is 14.3 Å². The largest absolute Gasteiger partial charge is 0.454 e. The van der Waals surface area contributed by atoms with E-state index in [1.807, 2.05) is 38.1 Å². The molecule has 140 valence electrons. The Morgan fingerprint density at radius 1 is 1.07 bits per heavy atom. The van der Waals surface area contributed by atoms with Crippen LogP contribution < -0.4 is 4.90 Å². The molecule has 0 aromatic heterocycles. The topological polar surface area (TPSA) is 63.7 Å². The van der Waals surface area contributed by atoms with Gasteiger partial charge in [0.2, 0.25) is 11.7 Å². The number of rotatable bonds is 5. The SMILES string of the molecule is Cc1ccc(N2C[C@@H](C(=O)O[C@H](C)C(=O)c3ccccc3)CC2=O)cc1C. The standard InChI is InChI=1S/C22H23NO4/c1-14-9-10-19(11-15(14)2)23-13-18(12-20(23)24)22(26)27-16(3)21(25)17-7-5-4-6-8-17/h4-11,16,18H,12-13H2,1-3H3/t16-,18+/m1/s1. The molecule has 0 bridgehead atoms. The highest BCUT2D eigenvalue weighted by Gasteiger charge is 2.37. The van der Waals surface area contributed by atoms with E-state index in [1.54, 1.807) is 36.1 Å². The monoisotopic (exact) mass is 365 g/mol. The van der Waals surface area contributed by atoms with Crippen LogP contribution in [0.25, 0.3) is 0 Å². The maximum atomic E-state index is 12.5. The third-order valence-corrected chi connectivity index (χ3v) is 4.98. The number of benzene rings is 2. The van der Waals surface area contributed by atoms with Crippen LogP contribution in [0, 0.1) is 19.8 Å². The number of nitrogens with zero attached hydrogens (tertiary/aromatic N) is 1. The third-order valence-electron chi connectivity index (χ3n) is 4.98. The summed E-state index contributed by atoms with van der Waals surface area (Å²) in [6.45, 7) is 5.83. The minimum Gasteiger partial charge on any atom is -0.454 e. The molecule has 2 aromatic rings. The van der Waals surface area contributed by atoms with Gasteiger partial charge in [-0.3, -0.25) is 14.4 Å². The molecule has 1 amide bonds. The van der Waals surface area contributed by atoms with Crippen molar-refractivity contribution >= 4 is 23.3 Å². The molecule has 2 aromatic carbocycles. The van der Waals surface area contributed by atoms with E-state index in [0.29, 0.717) is 5.56 Å². The highest BCUT2D eigenvalue weighted by atomic mass is 16.5. The number of carbonyl (C=O) groups excluding carboxylic acids is 3. The summed E-state index contributed by atoms with van der Waals surface area (Å²) in [5.41, 5.74) is 3.52. The van der Waals surface area contributed by atoms with Gasteiger partial charge in [-0.25, -0.2) is 0 Å². The zero-order valence-corrected chi connectivity index (χ0v) is 15.8. The first-order valence-electron chi connectivity index (χ1n) is 9.04. The number of hydrogen-bond acceptors (Lipinski definition) is 4. The van der Waals surface area contributed by atoms with E-state index in [1.165, 1.54) is 0 Å². The van der Waals surface area contributed by atoms with Crippen LogP contribution >= 0.6 is 0 Å². The van der Waals surface area contributed by atoms with Gasteiger partial charge < -0.3 is 9.64 Å². The third kappa shape index (κ3) is 4.08. The minimum atomic E-state index is -0.884. The molecule has 0 unspecified atom stereocenters. The molecule has 1 aliphatic heterocycles. The van der Waals surface area contributed by atoms with Crippen molar-refractivity contribution in [3.8, 4) is 0 Å².